The SMILES string of the molecule is CC(C)C(C)NC(=O)Cn1cnc(C#N)c1C#N. The van der Waals surface area contributed by atoms with E-state index in [-0.39, 0.29) is 29.9 Å². The Morgan fingerprint density at radius 3 is 2.61 bits per heavy atom. The van der Waals surface area contributed by atoms with Crippen molar-refractivity contribution >= 4 is 5.91 Å². The van der Waals surface area contributed by atoms with Crippen molar-refractivity contribution in [2.75, 3.05) is 0 Å². The van der Waals surface area contributed by atoms with Crippen molar-refractivity contribution in [3.05, 3.63) is 17.7 Å². The second-order valence-electron chi connectivity index (χ2n) is 4.39. The zero-order valence-electron chi connectivity index (χ0n) is 10.6. The number of imidazole rings is 1. The Hall–Kier alpha value is -2.34. The van der Waals surface area contributed by atoms with E-state index in [0.717, 1.165) is 0 Å². The summed E-state index contributed by atoms with van der Waals surface area (Å²) in [6, 6.07) is 3.74. The van der Waals surface area contributed by atoms with Crippen LogP contribution in [0.15, 0.2) is 6.33 Å². The highest BCUT2D eigenvalue weighted by atomic mass is 16.2. The van der Waals surface area contributed by atoms with Gasteiger partial charge in [0.1, 0.15) is 18.7 Å². The van der Waals surface area contributed by atoms with Crippen LogP contribution in [0.5, 0.6) is 0 Å². The van der Waals surface area contributed by atoms with Crippen molar-refractivity contribution in [2.45, 2.75) is 33.4 Å². The molecule has 1 heterocycles. The molecule has 18 heavy (non-hydrogen) atoms. The van der Waals surface area contributed by atoms with E-state index in [1.165, 1.54) is 10.9 Å². The Labute approximate surface area is 106 Å². The number of hydrogen-bond acceptors (Lipinski definition) is 4. The first-order valence-electron chi connectivity index (χ1n) is 5.64. The summed E-state index contributed by atoms with van der Waals surface area (Å²) in [5.74, 6) is 0.136. The average molecular weight is 245 g/mol. The number of nitrogens with one attached hydrogen (secondary N) is 1. The van der Waals surface area contributed by atoms with Gasteiger partial charge in [0.15, 0.2) is 11.4 Å². The van der Waals surface area contributed by atoms with Crippen LogP contribution in [0.2, 0.25) is 0 Å². The van der Waals surface area contributed by atoms with Gasteiger partial charge in [0.05, 0.1) is 6.33 Å². The minimum absolute atomic E-state index is 0.00532. The lowest BCUT2D eigenvalue weighted by molar-refractivity contribution is -0.122. The Bertz CT molecular complexity index is 518. The van der Waals surface area contributed by atoms with Crippen molar-refractivity contribution in [3.63, 3.8) is 0 Å². The molecule has 1 N–H and O–H groups in total. The summed E-state index contributed by atoms with van der Waals surface area (Å²) in [5, 5.41) is 20.5. The molecule has 0 aliphatic heterocycles. The highest BCUT2D eigenvalue weighted by Crippen LogP contribution is 2.05. The zero-order valence-corrected chi connectivity index (χ0v) is 10.6. The molecule has 1 aromatic heterocycles. The first-order valence-corrected chi connectivity index (χ1v) is 5.64. The predicted molar refractivity (Wildman–Crippen MR) is 64.1 cm³/mol. The van der Waals surface area contributed by atoms with Crippen LogP contribution in [0.1, 0.15) is 32.2 Å². The summed E-state index contributed by atoms with van der Waals surface area (Å²) in [5.41, 5.74) is 0.159. The van der Waals surface area contributed by atoms with Gasteiger partial charge in [-0.2, -0.15) is 10.5 Å². The third-order valence-corrected chi connectivity index (χ3v) is 2.75. The highest BCUT2D eigenvalue weighted by molar-refractivity contribution is 5.76. The fourth-order valence-corrected chi connectivity index (χ4v) is 1.32. The van der Waals surface area contributed by atoms with Crippen LogP contribution in [0, 0.1) is 28.6 Å². The molecular weight excluding hydrogens is 230 g/mol. The second kappa shape index (κ2) is 5.83. The molecule has 94 valence electrons. The number of hydrogen-bond donors (Lipinski definition) is 1. The summed E-state index contributed by atoms with van der Waals surface area (Å²) >= 11 is 0. The van der Waals surface area contributed by atoms with E-state index >= 15 is 0 Å². The summed E-state index contributed by atoms with van der Waals surface area (Å²) in [4.78, 5) is 15.5. The molecule has 1 rings (SSSR count). The normalized spacial score (nSPS) is 11.7. The molecular formula is C12H15N5O. The summed E-state index contributed by atoms with van der Waals surface area (Å²) < 4.78 is 1.38. The fraction of sp³-hybridized carbons (Fsp3) is 0.500. The third-order valence-electron chi connectivity index (χ3n) is 2.75. The Kier molecular flexibility index (Phi) is 4.45. The van der Waals surface area contributed by atoms with Gasteiger partial charge in [-0.25, -0.2) is 4.98 Å². The molecule has 0 aliphatic carbocycles. The van der Waals surface area contributed by atoms with Gasteiger partial charge in [0.25, 0.3) is 0 Å². The molecule has 1 atom stereocenters. The zero-order chi connectivity index (χ0) is 13.7. The van der Waals surface area contributed by atoms with Gasteiger partial charge in [0, 0.05) is 6.04 Å². The van der Waals surface area contributed by atoms with Crippen LogP contribution in [0.4, 0.5) is 0 Å². The van der Waals surface area contributed by atoms with Crippen LogP contribution in [0.3, 0.4) is 0 Å². The van der Waals surface area contributed by atoms with Crippen LogP contribution in [-0.2, 0) is 11.3 Å². The first kappa shape index (κ1) is 13.7. The molecule has 1 aromatic rings. The quantitative estimate of drug-likeness (QED) is 0.848. The summed E-state index contributed by atoms with van der Waals surface area (Å²) in [6.07, 6.45) is 1.33. The molecule has 0 saturated carbocycles. The lowest BCUT2D eigenvalue weighted by Gasteiger charge is -2.17. The van der Waals surface area contributed by atoms with Crippen molar-refractivity contribution in [2.24, 2.45) is 5.92 Å². The molecule has 6 heteroatoms. The largest absolute Gasteiger partial charge is 0.352 e. The molecule has 1 unspecified atom stereocenters. The fourth-order valence-electron chi connectivity index (χ4n) is 1.32. The van der Waals surface area contributed by atoms with Crippen molar-refractivity contribution in [3.8, 4) is 12.1 Å². The number of nitriles is 2. The van der Waals surface area contributed by atoms with Crippen molar-refractivity contribution in [1.82, 2.24) is 14.9 Å². The van der Waals surface area contributed by atoms with E-state index < -0.39 is 0 Å². The minimum atomic E-state index is -0.199. The summed E-state index contributed by atoms with van der Waals surface area (Å²) in [7, 11) is 0. The highest BCUT2D eigenvalue weighted by Gasteiger charge is 2.15. The van der Waals surface area contributed by atoms with E-state index in [9.17, 15) is 4.79 Å². The lowest BCUT2D eigenvalue weighted by atomic mass is 10.1. The molecule has 6 nitrogen and oxygen atoms in total. The van der Waals surface area contributed by atoms with Gasteiger partial charge in [-0.05, 0) is 12.8 Å². The predicted octanol–water partition coefficient (Wildman–Crippen LogP) is 0.787. The number of carbonyl (C=O) groups is 1. The monoisotopic (exact) mass is 245 g/mol. The molecule has 0 saturated heterocycles. The van der Waals surface area contributed by atoms with Crippen LogP contribution in [-0.4, -0.2) is 21.5 Å². The molecule has 0 spiro atoms. The van der Waals surface area contributed by atoms with E-state index in [1.54, 1.807) is 0 Å². The Morgan fingerprint density at radius 2 is 2.11 bits per heavy atom. The summed E-state index contributed by atoms with van der Waals surface area (Å²) in [6.45, 7) is 5.93. The maximum Gasteiger partial charge on any atom is 0.240 e. The maximum atomic E-state index is 11.7. The number of carbonyl (C=O) groups excluding carboxylic acids is 1. The standard InChI is InChI=1S/C12H15N5O/c1-8(2)9(3)16-12(18)6-17-7-15-10(4-13)11(17)5-14/h7-9H,6H2,1-3H3,(H,16,18). The Balaban J connectivity index is 2.75. The van der Waals surface area contributed by atoms with Gasteiger partial charge in [-0.3, -0.25) is 4.79 Å². The average Bonchev–Trinajstić information content (AvgIpc) is 2.70. The van der Waals surface area contributed by atoms with Crippen molar-refractivity contribution < 1.29 is 4.79 Å². The Morgan fingerprint density at radius 1 is 1.44 bits per heavy atom. The molecule has 0 fully saturated rings. The lowest BCUT2D eigenvalue weighted by Crippen LogP contribution is -2.38. The topological polar surface area (TPSA) is 94.5 Å². The van der Waals surface area contributed by atoms with Crippen LogP contribution < -0.4 is 5.32 Å². The van der Waals surface area contributed by atoms with E-state index in [0.29, 0.717) is 5.92 Å². The van der Waals surface area contributed by atoms with E-state index in [2.05, 4.69) is 10.3 Å². The molecule has 0 aliphatic rings. The van der Waals surface area contributed by atoms with E-state index in [4.69, 9.17) is 10.5 Å². The van der Waals surface area contributed by atoms with Crippen LogP contribution >= 0.6 is 0 Å². The third kappa shape index (κ3) is 3.08. The van der Waals surface area contributed by atoms with Crippen molar-refractivity contribution in [1.29, 1.82) is 10.5 Å². The maximum absolute atomic E-state index is 11.7. The van der Waals surface area contributed by atoms with Gasteiger partial charge in [-0.15, -0.1) is 0 Å². The number of aromatic nitrogens is 2. The van der Waals surface area contributed by atoms with Crippen LogP contribution in [0.25, 0.3) is 0 Å². The van der Waals surface area contributed by atoms with Gasteiger partial charge in [-0.1, -0.05) is 13.8 Å². The molecule has 0 aromatic carbocycles. The molecule has 1 amide bonds. The first-order chi connectivity index (χ1) is 8.49. The minimum Gasteiger partial charge on any atom is -0.352 e. The second-order valence-corrected chi connectivity index (χ2v) is 4.39. The number of amides is 1. The molecule has 0 bridgehead atoms. The van der Waals surface area contributed by atoms with Gasteiger partial charge in [0.2, 0.25) is 5.91 Å². The number of rotatable bonds is 4. The smallest absolute Gasteiger partial charge is 0.240 e. The van der Waals surface area contributed by atoms with Gasteiger partial charge >= 0.3 is 0 Å². The molecule has 0 radical (unpaired) electrons. The van der Waals surface area contributed by atoms with Gasteiger partial charge < -0.3 is 9.88 Å². The number of nitrogens with zero attached hydrogens (tertiary/aromatic N) is 4. The van der Waals surface area contributed by atoms with E-state index in [1.807, 2.05) is 32.9 Å².